The molecule has 0 atom stereocenters. The first-order valence-corrected chi connectivity index (χ1v) is 7.58. The molecule has 6 N–H and O–H groups in total. The van der Waals surface area contributed by atoms with E-state index in [9.17, 15) is 18.7 Å². The molecule has 13 heteroatoms. The van der Waals surface area contributed by atoms with Crippen LogP contribution in [0.25, 0.3) is 0 Å². The first-order valence-electron chi connectivity index (χ1n) is 4.35. The summed E-state index contributed by atoms with van der Waals surface area (Å²) in [6.45, 7) is -2.01. The van der Waals surface area contributed by atoms with Gasteiger partial charge in [0.05, 0.1) is 0 Å². The van der Waals surface area contributed by atoms with Crippen LogP contribution in [0.3, 0.4) is 0 Å². The Bertz CT molecular complexity index is 446. The lowest BCUT2D eigenvalue weighted by molar-refractivity contribution is -0.140. The molecule has 0 aromatic rings. The van der Waals surface area contributed by atoms with Gasteiger partial charge in [-0.15, -0.1) is 0 Å². The lowest BCUT2D eigenvalue weighted by Crippen LogP contribution is -2.30. The molecular formula is C6H11NO10P2. The minimum absolute atomic E-state index is 0.157. The maximum atomic E-state index is 10.9. The zero-order valence-electron chi connectivity index (χ0n) is 9.15. The molecule has 0 aliphatic carbocycles. The van der Waals surface area contributed by atoms with E-state index in [0.717, 1.165) is 0 Å². The molecule has 0 radical (unpaired) electrons. The van der Waals surface area contributed by atoms with Crippen LogP contribution in [-0.2, 0) is 18.7 Å². The van der Waals surface area contributed by atoms with Crippen molar-refractivity contribution in [3.8, 4) is 0 Å². The van der Waals surface area contributed by atoms with Gasteiger partial charge in [-0.2, -0.15) is 0 Å². The maximum Gasteiger partial charge on any atom is 0.365 e. The fourth-order valence-electron chi connectivity index (χ4n) is 0.978. The lowest BCUT2D eigenvalue weighted by Gasteiger charge is -2.19. The summed E-state index contributed by atoms with van der Waals surface area (Å²) in [7, 11) is -10.7. The molecule has 19 heavy (non-hydrogen) atoms. The van der Waals surface area contributed by atoms with Crippen molar-refractivity contribution in [2.24, 2.45) is 0 Å². The van der Waals surface area contributed by atoms with Crippen LogP contribution >= 0.6 is 15.2 Å². The summed E-state index contributed by atoms with van der Waals surface area (Å²) in [5, 5.41) is 15.3. The molecule has 110 valence electrons. The molecule has 0 saturated carbocycles. The Hall–Kier alpha value is -1.22. The first-order chi connectivity index (χ1) is 8.34. The van der Waals surface area contributed by atoms with E-state index >= 15 is 0 Å². The van der Waals surface area contributed by atoms with Crippen LogP contribution < -0.4 is 0 Å². The molecule has 0 aliphatic rings. The van der Waals surface area contributed by atoms with E-state index in [2.05, 4.69) is 0 Å². The van der Waals surface area contributed by atoms with Crippen molar-refractivity contribution in [2.75, 3.05) is 13.1 Å². The van der Waals surface area contributed by atoms with Gasteiger partial charge in [0.2, 0.25) is 0 Å². The highest BCUT2D eigenvalue weighted by molar-refractivity contribution is 7.77. The Morgan fingerprint density at radius 2 is 1.21 bits per heavy atom. The van der Waals surface area contributed by atoms with Crippen molar-refractivity contribution in [3.05, 3.63) is 11.3 Å². The van der Waals surface area contributed by atoms with Crippen molar-refractivity contribution in [1.82, 2.24) is 4.90 Å². The Morgan fingerprint density at radius 1 is 0.895 bits per heavy atom. The highest BCUT2D eigenvalue weighted by Crippen LogP contribution is 2.63. The van der Waals surface area contributed by atoms with Crippen LogP contribution in [0, 0.1) is 0 Å². The van der Waals surface area contributed by atoms with Crippen LogP contribution in [0.5, 0.6) is 0 Å². The fourth-order valence-corrected chi connectivity index (χ4v) is 2.96. The van der Waals surface area contributed by atoms with E-state index in [0.29, 0.717) is 4.90 Å². The summed E-state index contributed by atoms with van der Waals surface area (Å²) < 4.78 is 21.8. The molecule has 0 amide bonds. The van der Waals surface area contributed by atoms with Gasteiger partial charge in [-0.05, 0) is 0 Å². The van der Waals surface area contributed by atoms with Gasteiger partial charge < -0.3 is 34.7 Å². The van der Waals surface area contributed by atoms with E-state index in [1.165, 1.54) is 0 Å². The van der Waals surface area contributed by atoms with Gasteiger partial charge in [0.15, 0.2) is 5.06 Å². The lowest BCUT2D eigenvalue weighted by atomic mass is 10.5. The van der Waals surface area contributed by atoms with Crippen LogP contribution in [0.2, 0.25) is 0 Å². The van der Waals surface area contributed by atoms with Gasteiger partial charge in [-0.25, -0.2) is 0 Å². The Morgan fingerprint density at radius 3 is 1.42 bits per heavy atom. The van der Waals surface area contributed by atoms with Gasteiger partial charge in [0.25, 0.3) is 0 Å². The third-order valence-corrected chi connectivity index (χ3v) is 4.56. The van der Waals surface area contributed by atoms with E-state index in [1.54, 1.807) is 0 Å². The van der Waals surface area contributed by atoms with Crippen LogP contribution in [0.1, 0.15) is 0 Å². The molecule has 0 aromatic heterocycles. The van der Waals surface area contributed by atoms with Crippen molar-refractivity contribution >= 4 is 27.1 Å². The minimum Gasteiger partial charge on any atom is -0.480 e. The second-order valence-corrected chi connectivity index (χ2v) is 6.76. The predicted octanol–water partition coefficient (Wildman–Crippen LogP) is -1.39. The topological polar surface area (TPSA) is 193 Å². The molecular weight excluding hydrogens is 308 g/mol. The van der Waals surface area contributed by atoms with Crippen LogP contribution in [-0.4, -0.2) is 59.7 Å². The minimum atomic E-state index is -5.37. The number of rotatable bonds is 7. The Kier molecular flexibility index (Phi) is 5.88. The molecule has 0 fully saturated rings. The average molecular weight is 319 g/mol. The zero-order chi connectivity index (χ0) is 15.4. The van der Waals surface area contributed by atoms with E-state index in [4.69, 9.17) is 29.8 Å². The normalized spacial score (nSPS) is 11.8. The van der Waals surface area contributed by atoms with Gasteiger partial charge in [-0.1, -0.05) is 0 Å². The van der Waals surface area contributed by atoms with Gasteiger partial charge in [-0.3, -0.25) is 18.7 Å². The smallest absolute Gasteiger partial charge is 0.365 e. The molecule has 0 aliphatic heterocycles. The van der Waals surface area contributed by atoms with Gasteiger partial charge >= 0.3 is 27.1 Å². The second-order valence-electron chi connectivity index (χ2n) is 3.27. The molecule has 0 unspecified atom stereocenters. The van der Waals surface area contributed by atoms with Crippen molar-refractivity contribution in [1.29, 1.82) is 0 Å². The Balaban J connectivity index is 5.58. The van der Waals surface area contributed by atoms with E-state index in [1.807, 2.05) is 0 Å². The average Bonchev–Trinajstić information content (AvgIpc) is 2.07. The van der Waals surface area contributed by atoms with Crippen molar-refractivity contribution in [3.63, 3.8) is 0 Å². The predicted molar refractivity (Wildman–Crippen MR) is 59.0 cm³/mol. The van der Waals surface area contributed by atoms with Gasteiger partial charge in [0.1, 0.15) is 13.1 Å². The summed E-state index contributed by atoms with van der Waals surface area (Å²) in [6.07, 6.45) is 0.157. The monoisotopic (exact) mass is 319 g/mol. The summed E-state index contributed by atoms with van der Waals surface area (Å²) in [5.41, 5.74) is 0. The number of hydrogen-bond acceptors (Lipinski definition) is 5. The second kappa shape index (κ2) is 6.29. The number of carbonyl (C=O) groups is 2. The standard InChI is InChI=1S/C6H11NO10P2/c8-4(9)1-7(2-5(10)11)3-6(18(12,13)14)19(15,16)17/h3H,1-2H2,(H,8,9)(H,10,11)(H2,12,13,14)(H2,15,16,17). The summed E-state index contributed by atoms with van der Waals surface area (Å²) >= 11 is 0. The molecule has 11 nitrogen and oxygen atoms in total. The van der Waals surface area contributed by atoms with E-state index in [-0.39, 0.29) is 6.20 Å². The molecule has 0 rings (SSSR count). The summed E-state index contributed by atoms with van der Waals surface area (Å²) in [6, 6.07) is 0. The molecule has 0 aromatic carbocycles. The Labute approximate surface area is 106 Å². The summed E-state index contributed by atoms with van der Waals surface area (Å²) in [5.74, 6) is -3.10. The van der Waals surface area contributed by atoms with Gasteiger partial charge in [0, 0.05) is 6.20 Å². The highest BCUT2D eigenvalue weighted by atomic mass is 31.2. The van der Waals surface area contributed by atoms with Crippen molar-refractivity contribution in [2.45, 2.75) is 0 Å². The number of carboxylic acids is 2. The third-order valence-electron chi connectivity index (χ3n) is 1.57. The number of nitrogens with zero attached hydrogens (tertiary/aromatic N) is 1. The quantitative estimate of drug-likeness (QED) is 0.302. The zero-order valence-corrected chi connectivity index (χ0v) is 10.9. The largest absolute Gasteiger partial charge is 0.480 e. The fraction of sp³-hybridized carbons (Fsp3) is 0.333. The van der Waals surface area contributed by atoms with Crippen molar-refractivity contribution < 1.29 is 48.5 Å². The maximum absolute atomic E-state index is 10.9. The van der Waals surface area contributed by atoms with Crippen LogP contribution in [0.4, 0.5) is 0 Å². The number of carboxylic acid groups (broad SMARTS) is 2. The van der Waals surface area contributed by atoms with E-state index < -0.39 is 45.3 Å². The molecule has 0 saturated heterocycles. The number of aliphatic carboxylic acids is 2. The first kappa shape index (κ1) is 17.8. The SMILES string of the molecule is O=C(O)CN(C=C(P(=O)(O)O)P(=O)(O)O)CC(=O)O. The molecule has 0 bridgehead atoms. The molecule has 0 spiro atoms. The third kappa shape index (κ3) is 7.06. The highest BCUT2D eigenvalue weighted by Gasteiger charge is 2.37. The van der Waals surface area contributed by atoms with Crippen LogP contribution in [0.15, 0.2) is 11.3 Å². The number of hydrogen-bond donors (Lipinski definition) is 6. The summed E-state index contributed by atoms with van der Waals surface area (Å²) in [4.78, 5) is 56.2. The molecule has 0 heterocycles.